The first kappa shape index (κ1) is 15.8. The molecule has 1 saturated heterocycles. The monoisotopic (exact) mass is 335 g/mol. The third-order valence-corrected chi connectivity index (χ3v) is 4.86. The van der Waals surface area contributed by atoms with Gasteiger partial charge in [-0.15, -0.1) is 0 Å². The van der Waals surface area contributed by atoms with Crippen LogP contribution >= 0.6 is 23.2 Å². The number of nitrogens with two attached hydrogens (primary N) is 1. The zero-order valence-corrected chi connectivity index (χ0v) is 13.8. The summed E-state index contributed by atoms with van der Waals surface area (Å²) in [5.41, 5.74) is 8.43. The van der Waals surface area contributed by atoms with Crippen molar-refractivity contribution in [2.45, 2.75) is 24.9 Å². The second-order valence-corrected chi connectivity index (χ2v) is 6.70. The van der Waals surface area contributed by atoms with Gasteiger partial charge in [0.05, 0.1) is 5.02 Å². The zero-order chi connectivity index (χ0) is 15.6. The molecular weight excluding hydrogens is 317 g/mol. The normalized spacial score (nSPS) is 18.3. The van der Waals surface area contributed by atoms with E-state index in [2.05, 4.69) is 34.1 Å². The van der Waals surface area contributed by atoms with Crippen LogP contribution in [-0.4, -0.2) is 23.0 Å². The maximum absolute atomic E-state index is 6.61. The molecule has 3 rings (SSSR count). The van der Waals surface area contributed by atoms with Gasteiger partial charge in [0.2, 0.25) is 0 Å². The van der Waals surface area contributed by atoms with E-state index < -0.39 is 5.54 Å². The quantitative estimate of drug-likeness (QED) is 0.866. The van der Waals surface area contributed by atoms with Gasteiger partial charge in [-0.2, -0.15) is 0 Å². The number of benzene rings is 1. The summed E-state index contributed by atoms with van der Waals surface area (Å²) in [6, 6.07) is 12.3. The summed E-state index contributed by atoms with van der Waals surface area (Å²) in [4.78, 5) is 6.43. The summed E-state index contributed by atoms with van der Waals surface area (Å²) in [6.45, 7) is 2.85. The third kappa shape index (κ3) is 3.44. The first-order chi connectivity index (χ1) is 10.6. The summed E-state index contributed by atoms with van der Waals surface area (Å²) in [6.07, 6.45) is 3.31. The molecular formula is C17H19Cl2N3. The van der Waals surface area contributed by atoms with Gasteiger partial charge in [0.1, 0.15) is 5.15 Å². The van der Waals surface area contributed by atoms with Gasteiger partial charge >= 0.3 is 0 Å². The standard InChI is InChI=1S/C17H19Cl2N3/c18-15-11-21-16(19)10-14(15)17(20)6-8-22(9-7-17)12-13-4-2-1-3-5-13/h1-5,10-11H,6-9,12,20H2. The lowest BCUT2D eigenvalue weighted by Gasteiger charge is -2.40. The van der Waals surface area contributed by atoms with Crippen molar-refractivity contribution in [1.29, 1.82) is 0 Å². The Morgan fingerprint density at radius 2 is 1.82 bits per heavy atom. The van der Waals surface area contributed by atoms with Gasteiger partial charge in [-0.25, -0.2) is 4.98 Å². The molecule has 0 unspecified atom stereocenters. The van der Waals surface area contributed by atoms with Crippen LogP contribution in [0.1, 0.15) is 24.0 Å². The largest absolute Gasteiger partial charge is 0.321 e. The fourth-order valence-corrected chi connectivity index (χ4v) is 3.47. The van der Waals surface area contributed by atoms with Crippen LogP contribution in [0.2, 0.25) is 10.2 Å². The topological polar surface area (TPSA) is 42.1 Å². The molecule has 1 aliphatic rings. The van der Waals surface area contributed by atoms with Crippen molar-refractivity contribution in [2.24, 2.45) is 5.73 Å². The molecule has 0 atom stereocenters. The molecule has 2 heterocycles. The molecule has 1 aliphatic heterocycles. The number of hydrogen-bond donors (Lipinski definition) is 1. The van der Waals surface area contributed by atoms with Gasteiger partial charge in [-0.1, -0.05) is 53.5 Å². The Morgan fingerprint density at radius 1 is 1.14 bits per heavy atom. The minimum Gasteiger partial charge on any atom is -0.321 e. The van der Waals surface area contributed by atoms with Crippen molar-refractivity contribution < 1.29 is 0 Å². The van der Waals surface area contributed by atoms with E-state index >= 15 is 0 Å². The predicted molar refractivity (Wildman–Crippen MR) is 91.1 cm³/mol. The van der Waals surface area contributed by atoms with E-state index in [1.54, 1.807) is 12.3 Å². The van der Waals surface area contributed by atoms with E-state index in [1.807, 2.05) is 6.07 Å². The number of nitrogens with zero attached hydrogens (tertiary/aromatic N) is 2. The minimum atomic E-state index is -0.420. The summed E-state index contributed by atoms with van der Waals surface area (Å²) in [5.74, 6) is 0. The summed E-state index contributed by atoms with van der Waals surface area (Å²) in [7, 11) is 0. The van der Waals surface area contributed by atoms with Crippen molar-refractivity contribution in [3.63, 3.8) is 0 Å². The zero-order valence-electron chi connectivity index (χ0n) is 12.3. The minimum absolute atomic E-state index is 0.420. The lowest BCUT2D eigenvalue weighted by Crippen LogP contribution is -2.48. The van der Waals surface area contributed by atoms with E-state index in [1.165, 1.54) is 5.56 Å². The molecule has 0 amide bonds. The van der Waals surface area contributed by atoms with Crippen LogP contribution in [0.3, 0.4) is 0 Å². The predicted octanol–water partition coefficient (Wildman–Crippen LogP) is 3.84. The molecule has 0 radical (unpaired) electrons. The highest BCUT2D eigenvalue weighted by molar-refractivity contribution is 6.32. The van der Waals surface area contributed by atoms with Crippen LogP contribution in [0.4, 0.5) is 0 Å². The molecule has 0 bridgehead atoms. The van der Waals surface area contributed by atoms with Crippen LogP contribution in [0.25, 0.3) is 0 Å². The van der Waals surface area contributed by atoms with Gasteiger partial charge in [0.15, 0.2) is 0 Å². The van der Waals surface area contributed by atoms with Gasteiger partial charge in [-0.3, -0.25) is 4.90 Å². The van der Waals surface area contributed by atoms with Gasteiger partial charge in [0, 0.05) is 31.4 Å². The Kier molecular flexibility index (Phi) is 4.69. The van der Waals surface area contributed by atoms with Crippen molar-refractivity contribution in [3.8, 4) is 0 Å². The third-order valence-electron chi connectivity index (χ3n) is 4.36. The molecule has 2 N–H and O–H groups in total. The van der Waals surface area contributed by atoms with E-state index in [0.717, 1.165) is 38.0 Å². The molecule has 22 heavy (non-hydrogen) atoms. The van der Waals surface area contributed by atoms with Gasteiger partial charge in [0.25, 0.3) is 0 Å². The number of halogens is 2. The number of aromatic nitrogens is 1. The van der Waals surface area contributed by atoms with E-state index in [4.69, 9.17) is 28.9 Å². The van der Waals surface area contributed by atoms with Crippen molar-refractivity contribution in [3.05, 3.63) is 63.9 Å². The first-order valence-corrected chi connectivity index (χ1v) is 8.19. The number of hydrogen-bond acceptors (Lipinski definition) is 3. The van der Waals surface area contributed by atoms with Crippen LogP contribution in [-0.2, 0) is 12.1 Å². The van der Waals surface area contributed by atoms with E-state index in [-0.39, 0.29) is 0 Å². The lowest BCUT2D eigenvalue weighted by atomic mass is 9.82. The van der Waals surface area contributed by atoms with Crippen LogP contribution in [0, 0.1) is 0 Å². The molecule has 2 aromatic rings. The maximum atomic E-state index is 6.61. The molecule has 1 fully saturated rings. The Hall–Kier alpha value is -1.13. The van der Waals surface area contributed by atoms with Crippen molar-refractivity contribution in [2.75, 3.05) is 13.1 Å². The average molecular weight is 336 g/mol. The molecule has 5 heteroatoms. The van der Waals surface area contributed by atoms with E-state index in [9.17, 15) is 0 Å². The van der Waals surface area contributed by atoms with Gasteiger partial charge < -0.3 is 5.73 Å². The summed E-state index contributed by atoms with van der Waals surface area (Å²) in [5, 5.41) is 1.04. The smallest absolute Gasteiger partial charge is 0.129 e. The van der Waals surface area contributed by atoms with Gasteiger partial charge in [-0.05, 0) is 30.0 Å². The maximum Gasteiger partial charge on any atom is 0.129 e. The Balaban J connectivity index is 1.69. The van der Waals surface area contributed by atoms with Crippen LogP contribution in [0.15, 0.2) is 42.6 Å². The Labute approximate surface area is 141 Å². The summed E-state index contributed by atoms with van der Waals surface area (Å²) >= 11 is 12.3. The highest BCUT2D eigenvalue weighted by atomic mass is 35.5. The van der Waals surface area contributed by atoms with Crippen LogP contribution in [0.5, 0.6) is 0 Å². The molecule has 1 aromatic heterocycles. The number of rotatable bonds is 3. The Bertz CT molecular complexity index is 638. The number of likely N-dealkylation sites (tertiary alicyclic amines) is 1. The molecule has 1 aromatic carbocycles. The molecule has 3 nitrogen and oxygen atoms in total. The van der Waals surface area contributed by atoms with E-state index in [0.29, 0.717) is 10.2 Å². The SMILES string of the molecule is NC1(c2cc(Cl)ncc2Cl)CCN(Cc2ccccc2)CC1. The molecule has 116 valence electrons. The fraction of sp³-hybridized carbons (Fsp3) is 0.353. The second kappa shape index (κ2) is 6.55. The highest BCUT2D eigenvalue weighted by Crippen LogP contribution is 2.35. The highest BCUT2D eigenvalue weighted by Gasteiger charge is 2.34. The van der Waals surface area contributed by atoms with Crippen molar-refractivity contribution >= 4 is 23.2 Å². The number of pyridine rings is 1. The first-order valence-electron chi connectivity index (χ1n) is 7.43. The average Bonchev–Trinajstić information content (AvgIpc) is 2.53. The number of piperidine rings is 1. The fourth-order valence-electron chi connectivity index (χ4n) is 3.02. The van der Waals surface area contributed by atoms with Crippen molar-refractivity contribution in [1.82, 2.24) is 9.88 Å². The van der Waals surface area contributed by atoms with Crippen LogP contribution < -0.4 is 5.73 Å². The lowest BCUT2D eigenvalue weighted by molar-refractivity contribution is 0.155. The molecule has 0 spiro atoms. The molecule has 0 aliphatic carbocycles. The second-order valence-electron chi connectivity index (χ2n) is 5.90. The summed E-state index contributed by atoms with van der Waals surface area (Å²) < 4.78 is 0. The Morgan fingerprint density at radius 3 is 2.50 bits per heavy atom. The molecule has 0 saturated carbocycles.